The largest absolute Gasteiger partial charge is 0.420 e. The van der Waals surface area contributed by atoms with E-state index in [0.717, 1.165) is 22.4 Å². The molecule has 5 rings (SSSR count). The summed E-state index contributed by atoms with van der Waals surface area (Å²) in [4.78, 5) is 13.8. The van der Waals surface area contributed by atoms with Crippen LogP contribution >= 0.6 is 10.5 Å². The van der Waals surface area contributed by atoms with Gasteiger partial charge in [0.2, 0.25) is 0 Å². The predicted octanol–water partition coefficient (Wildman–Crippen LogP) is 4.50. The molecule has 0 aliphatic carbocycles. The molecule has 164 valence electrons. The lowest BCUT2D eigenvalue weighted by Gasteiger charge is -2.10. The molecule has 0 saturated carbocycles. The number of nitrogens with one attached hydrogen (secondary N) is 1. The number of rotatable bonds is 6. The predicted molar refractivity (Wildman–Crippen MR) is 130 cm³/mol. The summed E-state index contributed by atoms with van der Waals surface area (Å²) in [5.41, 5.74) is 4.20. The maximum Gasteiger partial charge on any atom is 0.420 e. The molecule has 1 aromatic heterocycles. The smallest absolute Gasteiger partial charge is 0.408 e. The summed E-state index contributed by atoms with van der Waals surface area (Å²) in [5.74, 6) is 0.632. The minimum atomic E-state index is -3.83. The van der Waals surface area contributed by atoms with Crippen molar-refractivity contribution in [2.24, 2.45) is 0 Å². The Morgan fingerprint density at radius 1 is 1.00 bits per heavy atom. The quantitative estimate of drug-likeness (QED) is 0.424. The van der Waals surface area contributed by atoms with Crippen LogP contribution in [-0.4, -0.2) is 24.1 Å². The first-order valence-corrected chi connectivity index (χ1v) is 13.1. The summed E-state index contributed by atoms with van der Waals surface area (Å²) in [6, 6.07) is 18.2. The van der Waals surface area contributed by atoms with E-state index in [1.54, 1.807) is 18.2 Å². The van der Waals surface area contributed by atoms with Gasteiger partial charge < -0.3 is 4.42 Å². The number of nitrogens with zero attached hydrogens (tertiary/aromatic N) is 1. The maximum atomic E-state index is 12.9. The first-order valence-electron chi connectivity index (χ1n) is 10.1. The molecular weight excluding hydrogens is 444 g/mol. The van der Waals surface area contributed by atoms with Crippen molar-refractivity contribution in [3.8, 4) is 0 Å². The van der Waals surface area contributed by atoms with Crippen molar-refractivity contribution in [1.82, 2.24) is 4.57 Å². The van der Waals surface area contributed by atoms with Crippen molar-refractivity contribution in [2.45, 2.75) is 30.2 Å². The Labute approximate surface area is 188 Å². The molecule has 32 heavy (non-hydrogen) atoms. The molecule has 1 N–H and O–H groups in total. The lowest BCUT2D eigenvalue weighted by atomic mass is 10.1. The Morgan fingerprint density at radius 3 is 2.34 bits per heavy atom. The van der Waals surface area contributed by atoms with Crippen LogP contribution in [0.3, 0.4) is 0 Å². The molecule has 6 nitrogen and oxygen atoms in total. The summed E-state index contributed by atoms with van der Waals surface area (Å²) in [6.07, 6.45) is 0. The van der Waals surface area contributed by atoms with E-state index < -0.39 is 15.8 Å². The van der Waals surface area contributed by atoms with Crippen LogP contribution in [0.5, 0.6) is 0 Å². The van der Waals surface area contributed by atoms with Gasteiger partial charge in [0.25, 0.3) is 10.0 Å². The monoisotopic (exact) mass is 466 g/mol. The molecule has 0 bridgehead atoms. The standard InChI is InChI=1S/C24H22N2O4S2/c1-16-11-17(2)13-19(12-16)25-32(28,29)21-7-8-22-23(14-21)30-24(27)26(22)15-18-3-5-20(6-4-18)31-9-10-31/h3-9,11-14,25H,10,15H2,1-2H3. The average molecular weight is 467 g/mol. The Balaban J connectivity index is 1.44. The topological polar surface area (TPSA) is 81.3 Å². The van der Waals surface area contributed by atoms with Crippen LogP contribution in [0.4, 0.5) is 5.69 Å². The van der Waals surface area contributed by atoms with Gasteiger partial charge in [-0.05, 0) is 72.3 Å². The van der Waals surface area contributed by atoms with Crippen LogP contribution in [0, 0.1) is 13.8 Å². The van der Waals surface area contributed by atoms with Crippen LogP contribution in [0.2, 0.25) is 0 Å². The van der Waals surface area contributed by atoms with Gasteiger partial charge in [-0.3, -0.25) is 9.29 Å². The van der Waals surface area contributed by atoms with Gasteiger partial charge in [-0.25, -0.2) is 13.2 Å². The van der Waals surface area contributed by atoms with Crippen molar-refractivity contribution in [3.05, 3.63) is 87.9 Å². The van der Waals surface area contributed by atoms with E-state index in [4.69, 9.17) is 4.42 Å². The number of fused-ring (bicyclic) bond motifs is 1. The molecular formula is C24H22N2O4S2. The second kappa shape index (κ2) is 7.79. The molecule has 8 heteroatoms. The first-order chi connectivity index (χ1) is 15.3. The van der Waals surface area contributed by atoms with Gasteiger partial charge in [0.1, 0.15) is 0 Å². The van der Waals surface area contributed by atoms with Crippen molar-refractivity contribution in [3.63, 3.8) is 0 Å². The molecule has 1 aliphatic rings. The fourth-order valence-corrected chi connectivity index (χ4v) is 5.99. The summed E-state index contributed by atoms with van der Waals surface area (Å²) in [5, 5.41) is 2.28. The van der Waals surface area contributed by atoms with E-state index in [1.807, 2.05) is 32.0 Å². The SMILES string of the molecule is Cc1cc(C)cc(NS(=O)(=O)c2ccc3c(c2)oc(=O)n3Cc2ccc(S3=CC3)cc2)c1. The highest BCUT2D eigenvalue weighted by molar-refractivity contribution is 8.22. The Morgan fingerprint density at radius 2 is 1.69 bits per heavy atom. The van der Waals surface area contributed by atoms with Crippen LogP contribution in [0.15, 0.2) is 79.7 Å². The van der Waals surface area contributed by atoms with Crippen LogP contribution in [0.25, 0.3) is 11.1 Å². The molecule has 0 saturated heterocycles. The Bertz CT molecular complexity index is 1530. The second-order valence-electron chi connectivity index (χ2n) is 7.97. The van der Waals surface area contributed by atoms with Gasteiger partial charge in [0.05, 0.1) is 17.0 Å². The molecule has 0 radical (unpaired) electrons. The minimum Gasteiger partial charge on any atom is -0.408 e. The van der Waals surface area contributed by atoms with E-state index in [2.05, 4.69) is 22.2 Å². The van der Waals surface area contributed by atoms with E-state index in [0.29, 0.717) is 28.2 Å². The molecule has 4 aromatic rings. The molecule has 0 spiro atoms. The third-order valence-electron chi connectivity index (χ3n) is 5.32. The van der Waals surface area contributed by atoms with Gasteiger partial charge in [0.15, 0.2) is 5.58 Å². The number of oxazole rings is 1. The average Bonchev–Trinajstić information content (AvgIpc) is 3.52. The van der Waals surface area contributed by atoms with Crippen molar-refractivity contribution < 1.29 is 12.8 Å². The number of hydrogen-bond donors (Lipinski definition) is 1. The molecule has 1 unspecified atom stereocenters. The van der Waals surface area contributed by atoms with Crippen LogP contribution in [0.1, 0.15) is 16.7 Å². The number of anilines is 1. The zero-order valence-electron chi connectivity index (χ0n) is 17.7. The number of aryl methyl sites for hydroxylation is 2. The number of hydrogen-bond acceptors (Lipinski definition) is 4. The highest BCUT2D eigenvalue weighted by Crippen LogP contribution is 2.34. The lowest BCUT2D eigenvalue weighted by Crippen LogP contribution is -2.15. The highest BCUT2D eigenvalue weighted by atomic mass is 32.2. The molecule has 0 amide bonds. The zero-order valence-corrected chi connectivity index (χ0v) is 19.3. The van der Waals surface area contributed by atoms with E-state index >= 15 is 0 Å². The number of benzene rings is 3. The summed E-state index contributed by atoms with van der Waals surface area (Å²) >= 11 is 0. The third kappa shape index (κ3) is 4.16. The Hall–Kier alpha value is -3.10. The summed E-state index contributed by atoms with van der Waals surface area (Å²) in [6.45, 7) is 4.18. The van der Waals surface area contributed by atoms with E-state index in [1.165, 1.54) is 21.6 Å². The number of aromatic nitrogens is 1. The van der Waals surface area contributed by atoms with Gasteiger partial charge in [0, 0.05) is 22.4 Å². The summed E-state index contributed by atoms with van der Waals surface area (Å²) in [7, 11) is -3.54. The van der Waals surface area contributed by atoms with Gasteiger partial charge >= 0.3 is 5.76 Å². The lowest BCUT2D eigenvalue weighted by molar-refractivity contribution is 0.517. The Kier molecular flexibility index (Phi) is 5.06. The molecule has 2 heterocycles. The second-order valence-corrected chi connectivity index (χ2v) is 11.6. The minimum absolute atomic E-state index is 0.0380. The highest BCUT2D eigenvalue weighted by Gasteiger charge is 2.18. The van der Waals surface area contributed by atoms with E-state index in [-0.39, 0.29) is 10.5 Å². The molecule has 3 aromatic carbocycles. The molecule has 0 fully saturated rings. The normalized spacial score (nSPS) is 15.5. The van der Waals surface area contributed by atoms with Gasteiger partial charge in [-0.2, -0.15) is 10.5 Å². The van der Waals surface area contributed by atoms with Crippen LogP contribution in [-0.2, 0) is 16.6 Å². The zero-order chi connectivity index (χ0) is 22.5. The first kappa shape index (κ1) is 20.8. The summed E-state index contributed by atoms with van der Waals surface area (Å²) < 4.78 is 35.3. The van der Waals surface area contributed by atoms with E-state index in [9.17, 15) is 13.2 Å². The van der Waals surface area contributed by atoms with Gasteiger partial charge in [-0.1, -0.05) is 18.2 Å². The van der Waals surface area contributed by atoms with Crippen LogP contribution < -0.4 is 10.5 Å². The molecule has 1 atom stereocenters. The third-order valence-corrected chi connectivity index (χ3v) is 8.25. The maximum absolute atomic E-state index is 12.9. The fourth-order valence-electron chi connectivity index (χ4n) is 3.79. The fraction of sp³-hybridized carbons (Fsp3) is 0.167. The molecule has 1 aliphatic heterocycles. The van der Waals surface area contributed by atoms with Crippen molar-refractivity contribution >= 4 is 42.7 Å². The number of sulfonamides is 1. The van der Waals surface area contributed by atoms with Crippen molar-refractivity contribution in [1.29, 1.82) is 0 Å². The van der Waals surface area contributed by atoms with Gasteiger partial charge in [-0.15, -0.1) is 0 Å². The van der Waals surface area contributed by atoms with Crippen molar-refractivity contribution in [2.75, 3.05) is 10.5 Å².